The maximum Gasteiger partial charge on any atom is 0.257 e. The van der Waals surface area contributed by atoms with Crippen molar-refractivity contribution in [2.75, 3.05) is 31.1 Å². The second-order valence-corrected chi connectivity index (χ2v) is 10.1. The van der Waals surface area contributed by atoms with Crippen LogP contribution in [0.25, 0.3) is 0 Å². The number of rotatable bonds is 5. The first-order valence-corrected chi connectivity index (χ1v) is 12.3. The number of anilines is 1. The summed E-state index contributed by atoms with van der Waals surface area (Å²) in [7, 11) is 0. The molecule has 2 fully saturated rings. The summed E-state index contributed by atoms with van der Waals surface area (Å²) in [6.45, 7) is 13.0. The summed E-state index contributed by atoms with van der Waals surface area (Å²) in [6, 6.07) is 2.31. The summed E-state index contributed by atoms with van der Waals surface area (Å²) in [5, 5.41) is 0. The Morgan fingerprint density at radius 2 is 2.09 bits per heavy atom. The zero-order valence-electron chi connectivity index (χ0n) is 19.8. The molecule has 5 rings (SSSR count). The zero-order valence-corrected chi connectivity index (χ0v) is 19.8. The highest BCUT2D eigenvalue weighted by atomic mass is 16.5. The van der Waals surface area contributed by atoms with Crippen molar-refractivity contribution in [2.45, 2.75) is 78.6 Å². The lowest BCUT2D eigenvalue weighted by Crippen LogP contribution is -2.39. The van der Waals surface area contributed by atoms with Gasteiger partial charge in [-0.1, -0.05) is 6.92 Å². The van der Waals surface area contributed by atoms with Crippen LogP contribution in [0.1, 0.15) is 60.8 Å². The first-order valence-electron chi connectivity index (χ1n) is 12.3. The Bertz CT molecular complexity index is 1020. The fourth-order valence-corrected chi connectivity index (χ4v) is 5.68. The molecule has 7 heteroatoms. The first-order chi connectivity index (χ1) is 15.5. The minimum atomic E-state index is 0.0387. The zero-order chi connectivity index (χ0) is 22.2. The van der Waals surface area contributed by atoms with Crippen LogP contribution in [0.15, 0.2) is 10.9 Å². The lowest BCUT2D eigenvalue weighted by molar-refractivity contribution is 0.0961. The summed E-state index contributed by atoms with van der Waals surface area (Å²) in [4.78, 5) is 25.6. The molecule has 0 aliphatic carbocycles. The maximum atomic E-state index is 13.0. The molecular formula is C25H37N5O2. The van der Waals surface area contributed by atoms with Gasteiger partial charge in [0.05, 0.1) is 17.4 Å². The van der Waals surface area contributed by atoms with Crippen LogP contribution >= 0.6 is 0 Å². The number of nitrogens with zero attached hydrogens (tertiary/aromatic N) is 4. The summed E-state index contributed by atoms with van der Waals surface area (Å²) >= 11 is 0. The highest BCUT2D eigenvalue weighted by Gasteiger charge is 2.26. The molecule has 0 aromatic carbocycles. The number of aryl methyl sites for hydroxylation is 1. The summed E-state index contributed by atoms with van der Waals surface area (Å²) < 4.78 is 8.26. The van der Waals surface area contributed by atoms with Gasteiger partial charge < -0.3 is 14.2 Å². The van der Waals surface area contributed by atoms with Gasteiger partial charge in [-0.05, 0) is 57.1 Å². The number of hydrogen-bond donors (Lipinski definition) is 1. The Hall–Kier alpha value is -2.12. The van der Waals surface area contributed by atoms with Crippen LogP contribution in [0.5, 0.6) is 0 Å². The Balaban J connectivity index is 1.29. The van der Waals surface area contributed by atoms with Crippen LogP contribution in [0.2, 0.25) is 0 Å². The molecule has 5 heterocycles. The van der Waals surface area contributed by atoms with E-state index in [0.717, 1.165) is 69.4 Å². The van der Waals surface area contributed by atoms with E-state index in [1.807, 2.05) is 0 Å². The molecule has 0 bridgehead atoms. The number of ether oxygens (including phenoxy) is 1. The lowest BCUT2D eigenvalue weighted by Gasteiger charge is -2.33. The van der Waals surface area contributed by atoms with E-state index in [9.17, 15) is 4.79 Å². The van der Waals surface area contributed by atoms with Gasteiger partial charge in [-0.25, -0.2) is 4.98 Å². The number of aromatic nitrogens is 3. The van der Waals surface area contributed by atoms with Crippen LogP contribution < -0.4 is 10.5 Å². The van der Waals surface area contributed by atoms with Crippen molar-refractivity contribution in [3.63, 3.8) is 0 Å². The second kappa shape index (κ2) is 9.02. The molecule has 1 N–H and O–H groups in total. The first kappa shape index (κ1) is 21.7. The molecule has 174 valence electrons. The average Bonchev–Trinajstić information content (AvgIpc) is 3.38. The van der Waals surface area contributed by atoms with E-state index in [1.54, 1.807) is 0 Å². The van der Waals surface area contributed by atoms with E-state index < -0.39 is 0 Å². The fourth-order valence-electron chi connectivity index (χ4n) is 5.68. The van der Waals surface area contributed by atoms with Crippen molar-refractivity contribution >= 4 is 5.95 Å². The highest BCUT2D eigenvalue weighted by Crippen LogP contribution is 2.25. The summed E-state index contributed by atoms with van der Waals surface area (Å²) in [5.74, 6) is 1.42. The Kier molecular flexibility index (Phi) is 6.12. The minimum Gasteiger partial charge on any atom is -0.376 e. The molecule has 3 aliphatic rings. The van der Waals surface area contributed by atoms with Crippen LogP contribution in [-0.4, -0.2) is 51.8 Å². The predicted octanol–water partition coefficient (Wildman–Crippen LogP) is 3.16. The largest absolute Gasteiger partial charge is 0.376 e. The van der Waals surface area contributed by atoms with Crippen LogP contribution in [-0.2, 0) is 30.8 Å². The molecule has 2 aromatic heterocycles. The molecule has 0 amide bonds. The van der Waals surface area contributed by atoms with Crippen molar-refractivity contribution in [3.8, 4) is 0 Å². The Labute approximate surface area is 190 Å². The number of H-pyrrole nitrogens is 1. The van der Waals surface area contributed by atoms with Gasteiger partial charge in [-0.15, -0.1) is 0 Å². The molecule has 0 radical (unpaired) electrons. The molecule has 32 heavy (non-hydrogen) atoms. The second-order valence-electron chi connectivity index (χ2n) is 10.1. The van der Waals surface area contributed by atoms with Gasteiger partial charge in [0.2, 0.25) is 5.95 Å². The van der Waals surface area contributed by atoms with Crippen molar-refractivity contribution < 1.29 is 4.74 Å². The highest BCUT2D eigenvalue weighted by molar-refractivity contribution is 5.35. The fraction of sp³-hybridized carbons (Fsp3) is 0.680. The van der Waals surface area contributed by atoms with Crippen molar-refractivity contribution in [2.24, 2.45) is 5.92 Å². The number of nitrogens with one attached hydrogen (secondary N) is 1. The standard InChI is InChI=1S/C25H37N5O2/c1-17-6-4-9-29(13-17)25-26-23-8-10-28(16-22(23)24(31)27-25)14-20-12-18(2)30(19(20)3)15-21-7-5-11-32-21/h12,17,21H,4-11,13-16H2,1-3H3,(H,26,27,31)/t17-,21-/m0/s1. The van der Waals surface area contributed by atoms with Crippen LogP contribution in [0.3, 0.4) is 0 Å². The monoisotopic (exact) mass is 439 g/mol. The number of piperidine rings is 1. The smallest absolute Gasteiger partial charge is 0.257 e. The predicted molar refractivity (Wildman–Crippen MR) is 126 cm³/mol. The van der Waals surface area contributed by atoms with Gasteiger partial charge in [0, 0.05) is 63.7 Å². The Morgan fingerprint density at radius 1 is 1.22 bits per heavy atom. The molecule has 0 spiro atoms. The summed E-state index contributed by atoms with van der Waals surface area (Å²) in [5.41, 5.74) is 5.85. The Morgan fingerprint density at radius 3 is 2.88 bits per heavy atom. The molecule has 2 atom stereocenters. The van der Waals surface area contributed by atoms with Crippen molar-refractivity contribution in [1.29, 1.82) is 0 Å². The molecule has 2 aromatic rings. The van der Waals surface area contributed by atoms with Crippen LogP contribution in [0.4, 0.5) is 5.95 Å². The van der Waals surface area contributed by atoms with Gasteiger partial charge in [0.1, 0.15) is 0 Å². The summed E-state index contributed by atoms with van der Waals surface area (Å²) in [6.07, 6.45) is 5.94. The molecule has 7 nitrogen and oxygen atoms in total. The number of aromatic amines is 1. The van der Waals surface area contributed by atoms with Gasteiger partial charge in [0.25, 0.3) is 5.56 Å². The molecule has 0 unspecified atom stereocenters. The molecule has 2 saturated heterocycles. The van der Waals surface area contributed by atoms with Crippen molar-refractivity contribution in [1.82, 2.24) is 19.4 Å². The van der Waals surface area contributed by atoms with Gasteiger partial charge in [-0.2, -0.15) is 0 Å². The quantitative estimate of drug-likeness (QED) is 0.775. The van der Waals surface area contributed by atoms with E-state index in [1.165, 1.54) is 36.2 Å². The third-order valence-electron chi connectivity index (χ3n) is 7.57. The SMILES string of the molecule is Cc1cc(CN2CCc3nc(N4CCC[C@H](C)C4)[nH]c(=O)c3C2)c(C)n1C[C@@H]1CCCO1. The maximum absolute atomic E-state index is 13.0. The topological polar surface area (TPSA) is 66.4 Å². The number of hydrogen-bond acceptors (Lipinski definition) is 5. The molecular weight excluding hydrogens is 402 g/mol. The average molecular weight is 440 g/mol. The molecule has 0 saturated carbocycles. The van der Waals surface area contributed by atoms with E-state index in [-0.39, 0.29) is 5.56 Å². The van der Waals surface area contributed by atoms with Crippen molar-refractivity contribution in [3.05, 3.63) is 44.6 Å². The van der Waals surface area contributed by atoms with Crippen LogP contribution in [0, 0.1) is 19.8 Å². The lowest BCUT2D eigenvalue weighted by atomic mass is 10.0. The normalized spacial score (nSPS) is 24.2. The molecule has 3 aliphatic heterocycles. The minimum absolute atomic E-state index is 0.0387. The van der Waals surface area contributed by atoms with E-state index in [4.69, 9.17) is 9.72 Å². The van der Waals surface area contributed by atoms with Gasteiger partial charge in [-0.3, -0.25) is 14.7 Å². The van der Waals surface area contributed by atoms with E-state index in [2.05, 4.69) is 46.2 Å². The third-order valence-corrected chi connectivity index (χ3v) is 7.57. The number of fused-ring (bicyclic) bond motifs is 1. The van der Waals surface area contributed by atoms with E-state index >= 15 is 0 Å². The van der Waals surface area contributed by atoms with E-state index in [0.29, 0.717) is 18.6 Å². The van der Waals surface area contributed by atoms with Gasteiger partial charge in [0.15, 0.2) is 0 Å². The third kappa shape index (κ3) is 4.37. The van der Waals surface area contributed by atoms with Gasteiger partial charge >= 0.3 is 0 Å².